The van der Waals surface area contributed by atoms with Gasteiger partial charge in [-0.05, 0) is 24.5 Å². The minimum absolute atomic E-state index is 0.0788. The first kappa shape index (κ1) is 10.6. The van der Waals surface area contributed by atoms with Gasteiger partial charge in [-0.3, -0.25) is 4.79 Å². The van der Waals surface area contributed by atoms with E-state index < -0.39 is 5.82 Å². The Morgan fingerprint density at radius 2 is 2.20 bits per heavy atom. The van der Waals surface area contributed by atoms with E-state index in [2.05, 4.69) is 0 Å². The molecule has 0 aliphatic heterocycles. The van der Waals surface area contributed by atoms with Crippen LogP contribution in [0.5, 0.6) is 0 Å². The number of carbonyl (C=O) groups is 1. The minimum atomic E-state index is -0.456. The number of carbonyl (C=O) groups excluding carboxylic acids is 1. The SMILES string of the molecule is CC1(C(=O)Cc2cccc(F)c2Cl)CC1. The standard InChI is InChI=1S/C12H12ClFO/c1-12(5-6-12)10(15)7-8-3-2-4-9(14)11(8)13/h2-4H,5-7H2,1H3. The lowest BCUT2D eigenvalue weighted by molar-refractivity contribution is -0.122. The van der Waals surface area contributed by atoms with E-state index in [0.29, 0.717) is 5.56 Å². The molecule has 1 aromatic rings. The van der Waals surface area contributed by atoms with Crippen molar-refractivity contribution in [3.05, 3.63) is 34.6 Å². The molecule has 0 radical (unpaired) electrons. The van der Waals surface area contributed by atoms with E-state index in [4.69, 9.17) is 11.6 Å². The zero-order valence-corrected chi connectivity index (χ0v) is 9.27. The van der Waals surface area contributed by atoms with Crippen LogP contribution in [0, 0.1) is 11.2 Å². The third-order valence-corrected chi connectivity index (χ3v) is 3.48. The Bertz CT molecular complexity index is 410. The fourth-order valence-corrected chi connectivity index (χ4v) is 1.73. The Labute approximate surface area is 93.2 Å². The molecule has 80 valence electrons. The van der Waals surface area contributed by atoms with Crippen molar-refractivity contribution in [1.82, 2.24) is 0 Å². The summed E-state index contributed by atoms with van der Waals surface area (Å²) in [7, 11) is 0. The summed E-state index contributed by atoms with van der Waals surface area (Å²) in [5.41, 5.74) is 0.421. The summed E-state index contributed by atoms with van der Waals surface area (Å²) >= 11 is 5.78. The topological polar surface area (TPSA) is 17.1 Å². The van der Waals surface area contributed by atoms with Crippen molar-refractivity contribution >= 4 is 17.4 Å². The number of hydrogen-bond donors (Lipinski definition) is 0. The van der Waals surface area contributed by atoms with Crippen LogP contribution in [0.3, 0.4) is 0 Å². The first-order chi connectivity index (χ1) is 7.03. The number of hydrogen-bond acceptors (Lipinski definition) is 1. The largest absolute Gasteiger partial charge is 0.299 e. The molecule has 1 saturated carbocycles. The molecule has 1 nitrogen and oxygen atoms in total. The molecule has 1 fully saturated rings. The summed E-state index contributed by atoms with van der Waals surface area (Å²) in [6, 6.07) is 4.59. The van der Waals surface area contributed by atoms with E-state index in [1.54, 1.807) is 12.1 Å². The molecule has 3 heteroatoms. The van der Waals surface area contributed by atoms with Gasteiger partial charge in [0.15, 0.2) is 0 Å². The van der Waals surface area contributed by atoms with Crippen LogP contribution in [0.4, 0.5) is 4.39 Å². The normalized spacial score (nSPS) is 17.5. The molecular weight excluding hydrogens is 215 g/mol. The minimum Gasteiger partial charge on any atom is -0.299 e. The summed E-state index contributed by atoms with van der Waals surface area (Å²) in [5.74, 6) is -0.294. The molecule has 1 aliphatic carbocycles. The van der Waals surface area contributed by atoms with Crippen LogP contribution in [0.2, 0.25) is 5.02 Å². The van der Waals surface area contributed by atoms with E-state index in [1.807, 2.05) is 6.92 Å². The molecular formula is C12H12ClFO. The first-order valence-corrected chi connectivity index (χ1v) is 5.37. The van der Waals surface area contributed by atoms with E-state index in [0.717, 1.165) is 12.8 Å². The van der Waals surface area contributed by atoms with Crippen LogP contribution < -0.4 is 0 Å². The molecule has 0 spiro atoms. The number of ketones is 1. The molecule has 0 bridgehead atoms. The van der Waals surface area contributed by atoms with Gasteiger partial charge in [0, 0.05) is 11.8 Å². The molecule has 1 aliphatic rings. The van der Waals surface area contributed by atoms with Gasteiger partial charge in [-0.15, -0.1) is 0 Å². The number of rotatable bonds is 3. The van der Waals surface area contributed by atoms with Crippen molar-refractivity contribution in [1.29, 1.82) is 0 Å². The third kappa shape index (κ3) is 2.05. The zero-order chi connectivity index (χ0) is 11.1. The van der Waals surface area contributed by atoms with Gasteiger partial charge in [-0.25, -0.2) is 4.39 Å². The summed E-state index contributed by atoms with van der Waals surface area (Å²) in [6.45, 7) is 1.95. The molecule has 1 aromatic carbocycles. The highest BCUT2D eigenvalue weighted by Gasteiger charge is 2.44. The number of halogens is 2. The quantitative estimate of drug-likeness (QED) is 0.772. The highest BCUT2D eigenvalue weighted by atomic mass is 35.5. The zero-order valence-electron chi connectivity index (χ0n) is 8.52. The maximum absolute atomic E-state index is 13.1. The Morgan fingerprint density at radius 3 is 2.80 bits per heavy atom. The van der Waals surface area contributed by atoms with Crippen molar-refractivity contribution in [2.45, 2.75) is 26.2 Å². The van der Waals surface area contributed by atoms with Crippen molar-refractivity contribution in [3.63, 3.8) is 0 Å². The summed E-state index contributed by atoms with van der Waals surface area (Å²) < 4.78 is 13.1. The smallest absolute Gasteiger partial charge is 0.143 e. The van der Waals surface area contributed by atoms with E-state index in [9.17, 15) is 9.18 Å². The van der Waals surface area contributed by atoms with Gasteiger partial charge in [0.25, 0.3) is 0 Å². The highest BCUT2D eigenvalue weighted by Crippen LogP contribution is 2.46. The maximum atomic E-state index is 13.1. The lowest BCUT2D eigenvalue weighted by atomic mass is 9.97. The van der Waals surface area contributed by atoms with Gasteiger partial charge in [0.05, 0.1) is 5.02 Å². The summed E-state index contributed by atoms with van der Waals surface area (Å²) in [6.07, 6.45) is 2.13. The molecule has 0 atom stereocenters. The summed E-state index contributed by atoms with van der Waals surface area (Å²) in [5, 5.41) is 0.0788. The van der Waals surface area contributed by atoms with Gasteiger partial charge in [-0.1, -0.05) is 30.7 Å². The first-order valence-electron chi connectivity index (χ1n) is 4.99. The Balaban J connectivity index is 2.17. The maximum Gasteiger partial charge on any atom is 0.143 e. The second kappa shape index (κ2) is 3.60. The Morgan fingerprint density at radius 1 is 1.53 bits per heavy atom. The molecule has 0 saturated heterocycles. The second-order valence-corrected chi connectivity index (χ2v) is 4.75. The van der Waals surface area contributed by atoms with Crippen LogP contribution in [-0.4, -0.2) is 5.78 Å². The highest BCUT2D eigenvalue weighted by molar-refractivity contribution is 6.31. The number of benzene rings is 1. The molecule has 0 N–H and O–H groups in total. The van der Waals surface area contributed by atoms with E-state index in [1.165, 1.54) is 6.07 Å². The Kier molecular flexibility index (Phi) is 2.55. The van der Waals surface area contributed by atoms with Gasteiger partial charge >= 0.3 is 0 Å². The summed E-state index contributed by atoms with van der Waals surface area (Å²) in [4.78, 5) is 11.8. The third-order valence-electron chi connectivity index (χ3n) is 3.06. The molecule has 0 heterocycles. The van der Waals surface area contributed by atoms with Crippen LogP contribution in [0.25, 0.3) is 0 Å². The van der Waals surface area contributed by atoms with Crippen molar-refractivity contribution in [3.8, 4) is 0 Å². The lowest BCUT2D eigenvalue weighted by Gasteiger charge is -2.08. The van der Waals surface area contributed by atoms with E-state index >= 15 is 0 Å². The van der Waals surface area contributed by atoms with Crippen molar-refractivity contribution in [2.24, 2.45) is 5.41 Å². The fourth-order valence-electron chi connectivity index (χ4n) is 1.54. The molecule has 15 heavy (non-hydrogen) atoms. The second-order valence-electron chi connectivity index (χ2n) is 4.37. The molecule has 0 aromatic heterocycles. The molecule has 0 unspecified atom stereocenters. The van der Waals surface area contributed by atoms with Crippen LogP contribution >= 0.6 is 11.6 Å². The van der Waals surface area contributed by atoms with Gasteiger partial charge in [0.1, 0.15) is 11.6 Å². The molecule has 2 rings (SSSR count). The Hall–Kier alpha value is -0.890. The lowest BCUT2D eigenvalue weighted by Crippen LogP contribution is -2.14. The number of Topliss-reactive ketones (excluding diaryl/α,β-unsaturated/α-hetero) is 1. The average molecular weight is 227 g/mol. The van der Waals surface area contributed by atoms with Crippen molar-refractivity contribution < 1.29 is 9.18 Å². The van der Waals surface area contributed by atoms with E-state index in [-0.39, 0.29) is 22.6 Å². The van der Waals surface area contributed by atoms with Gasteiger partial charge in [0.2, 0.25) is 0 Å². The predicted molar refractivity (Wildman–Crippen MR) is 57.5 cm³/mol. The van der Waals surface area contributed by atoms with Crippen LogP contribution in [0.15, 0.2) is 18.2 Å². The fraction of sp³-hybridized carbons (Fsp3) is 0.417. The van der Waals surface area contributed by atoms with Crippen molar-refractivity contribution in [2.75, 3.05) is 0 Å². The molecule has 0 amide bonds. The van der Waals surface area contributed by atoms with Crippen LogP contribution in [0.1, 0.15) is 25.3 Å². The average Bonchev–Trinajstić information content (AvgIpc) is 2.93. The van der Waals surface area contributed by atoms with Gasteiger partial charge < -0.3 is 0 Å². The van der Waals surface area contributed by atoms with Gasteiger partial charge in [-0.2, -0.15) is 0 Å². The monoisotopic (exact) mass is 226 g/mol. The predicted octanol–water partition coefficient (Wildman–Crippen LogP) is 3.39. The van der Waals surface area contributed by atoms with Crippen LogP contribution in [-0.2, 0) is 11.2 Å².